The fraction of sp³-hybridized carbons (Fsp3) is 0.273. The molecule has 1 aliphatic rings. The number of rotatable bonds is 3. The fourth-order valence-electron chi connectivity index (χ4n) is 1.57. The molecule has 0 bridgehead atoms. The van der Waals surface area contributed by atoms with Gasteiger partial charge in [0.05, 0.1) is 5.56 Å². The summed E-state index contributed by atoms with van der Waals surface area (Å²) < 4.78 is 132. The molecule has 0 amide bonds. The molecule has 0 unspecified atom stereocenters. The van der Waals surface area contributed by atoms with Gasteiger partial charge < -0.3 is 4.74 Å². The lowest BCUT2D eigenvalue weighted by atomic mass is 9.96. The third-order valence-electron chi connectivity index (χ3n) is 2.82. The topological polar surface area (TPSA) is 9.23 Å². The van der Waals surface area contributed by atoms with Gasteiger partial charge in [-0.1, -0.05) is 0 Å². The molecule has 122 valence electrons. The summed E-state index contributed by atoms with van der Waals surface area (Å²) in [6.07, 6.45) is 0. The Morgan fingerprint density at radius 2 is 1.05 bits per heavy atom. The van der Waals surface area contributed by atoms with Gasteiger partial charge in [-0.2, -0.15) is 17.6 Å². The number of hydrogen-bond acceptors (Lipinski definition) is 1. The first-order valence-electron chi connectivity index (χ1n) is 5.24. The minimum absolute atomic E-state index is 1.71. The molecule has 0 aromatic heterocycles. The van der Waals surface area contributed by atoms with Crippen LogP contribution in [0.5, 0.6) is 0 Å². The van der Waals surface area contributed by atoms with Gasteiger partial charge in [0.15, 0.2) is 23.3 Å². The molecular formula is C11H2F10O. The average molecular weight is 340 g/mol. The summed E-state index contributed by atoms with van der Waals surface area (Å²) in [7, 11) is 0. The van der Waals surface area contributed by atoms with Crippen LogP contribution in [0.25, 0.3) is 0 Å². The zero-order valence-corrected chi connectivity index (χ0v) is 9.89. The van der Waals surface area contributed by atoms with E-state index in [1.165, 1.54) is 0 Å². The van der Waals surface area contributed by atoms with Crippen molar-refractivity contribution in [2.24, 2.45) is 0 Å². The van der Waals surface area contributed by atoms with Crippen molar-refractivity contribution in [2.45, 2.75) is 18.5 Å². The van der Waals surface area contributed by atoms with E-state index in [4.69, 9.17) is 0 Å². The van der Waals surface area contributed by atoms with Gasteiger partial charge in [-0.15, -0.1) is 0 Å². The minimum Gasteiger partial charge on any atom is -0.484 e. The molecule has 0 N–H and O–H groups in total. The largest absolute Gasteiger partial charge is 0.484 e. The molecule has 1 nitrogen and oxygen atoms in total. The van der Waals surface area contributed by atoms with Crippen molar-refractivity contribution in [2.75, 3.05) is 0 Å². The molecule has 0 spiro atoms. The third kappa shape index (κ3) is 1.94. The highest BCUT2D eigenvalue weighted by atomic mass is 19.3. The Morgan fingerprint density at radius 3 is 1.45 bits per heavy atom. The number of ether oxygens (including phenoxy) is 1. The second kappa shape index (κ2) is 4.78. The second-order valence-electron chi connectivity index (χ2n) is 4.13. The van der Waals surface area contributed by atoms with Crippen LogP contribution in [0.4, 0.5) is 43.9 Å². The van der Waals surface area contributed by atoms with Crippen LogP contribution in [0.1, 0.15) is 5.56 Å². The molecule has 0 heterocycles. The van der Waals surface area contributed by atoms with Crippen molar-refractivity contribution in [3.8, 4) is 0 Å². The van der Waals surface area contributed by atoms with Crippen molar-refractivity contribution in [1.29, 1.82) is 0 Å². The fourth-order valence-corrected chi connectivity index (χ4v) is 1.57. The van der Waals surface area contributed by atoms with E-state index < -0.39 is 64.7 Å². The Balaban J connectivity index is 2.34. The number of allylic oxidation sites excluding steroid dienone is 2. The smallest absolute Gasteiger partial charge is 0.375 e. The first-order chi connectivity index (χ1) is 9.94. The van der Waals surface area contributed by atoms with Crippen molar-refractivity contribution in [3.63, 3.8) is 0 Å². The number of benzene rings is 1. The number of alkyl halides is 4. The van der Waals surface area contributed by atoms with Crippen LogP contribution in [0, 0.1) is 29.1 Å². The monoisotopic (exact) mass is 340 g/mol. The van der Waals surface area contributed by atoms with E-state index >= 15 is 0 Å². The lowest BCUT2D eigenvalue weighted by Gasteiger charge is -2.35. The van der Waals surface area contributed by atoms with Crippen molar-refractivity contribution in [3.05, 3.63) is 46.2 Å². The van der Waals surface area contributed by atoms with Crippen LogP contribution < -0.4 is 0 Å². The van der Waals surface area contributed by atoms with Crippen molar-refractivity contribution < 1.29 is 48.6 Å². The Labute approximate surface area is 114 Å². The Kier molecular flexibility index (Phi) is 3.57. The molecule has 1 aromatic carbocycles. The molecule has 0 fully saturated rings. The summed E-state index contributed by atoms with van der Waals surface area (Å²) in [6.45, 7) is -1.76. The Morgan fingerprint density at radius 1 is 0.636 bits per heavy atom. The second-order valence-corrected chi connectivity index (χ2v) is 4.13. The van der Waals surface area contributed by atoms with E-state index in [-0.39, 0.29) is 0 Å². The summed E-state index contributed by atoms with van der Waals surface area (Å²) in [5.41, 5.74) is -1.71. The predicted octanol–water partition coefficient (Wildman–Crippen LogP) is 4.36. The summed E-state index contributed by atoms with van der Waals surface area (Å²) in [4.78, 5) is 0. The zero-order chi connectivity index (χ0) is 17.0. The van der Waals surface area contributed by atoms with E-state index in [9.17, 15) is 43.9 Å². The van der Waals surface area contributed by atoms with Crippen LogP contribution in [-0.4, -0.2) is 11.8 Å². The van der Waals surface area contributed by atoms with E-state index in [0.29, 0.717) is 0 Å². The van der Waals surface area contributed by atoms with Crippen LogP contribution in [-0.2, 0) is 11.3 Å². The number of hydrogen-bond donors (Lipinski definition) is 0. The minimum atomic E-state index is -5.17. The van der Waals surface area contributed by atoms with E-state index in [1.807, 2.05) is 0 Å². The maximum atomic E-state index is 13.2. The SMILES string of the molecule is FC1=C(OCc2c(F)c(F)c(F)c(F)c2F)C(F)(F)C1(F)F. The first kappa shape index (κ1) is 16.4. The lowest BCUT2D eigenvalue weighted by molar-refractivity contribution is -0.233. The summed E-state index contributed by atoms with van der Waals surface area (Å²) in [5.74, 6) is -27.3. The molecule has 1 aliphatic carbocycles. The van der Waals surface area contributed by atoms with E-state index in [2.05, 4.69) is 4.74 Å². The zero-order valence-electron chi connectivity index (χ0n) is 9.89. The standard InChI is InChI=1S/C11H2F10O/c12-3-2(4(13)6(15)7(16)5(3)14)1-22-9-8(17)10(18,19)11(9,20)21/h1H2. The molecule has 0 saturated heterocycles. The summed E-state index contributed by atoms with van der Waals surface area (Å²) >= 11 is 0. The molecule has 2 rings (SSSR count). The summed E-state index contributed by atoms with van der Waals surface area (Å²) in [6, 6.07) is 0. The predicted molar refractivity (Wildman–Crippen MR) is 49.0 cm³/mol. The van der Waals surface area contributed by atoms with Crippen LogP contribution >= 0.6 is 0 Å². The van der Waals surface area contributed by atoms with E-state index in [1.54, 1.807) is 0 Å². The maximum Gasteiger partial charge on any atom is 0.375 e. The normalized spacial score (nSPS) is 19.2. The molecular weight excluding hydrogens is 338 g/mol. The Bertz CT molecular complexity index is 649. The van der Waals surface area contributed by atoms with Gasteiger partial charge >= 0.3 is 11.8 Å². The molecule has 0 aliphatic heterocycles. The quantitative estimate of drug-likeness (QED) is 0.451. The number of halogens is 10. The molecule has 0 radical (unpaired) electrons. The highest BCUT2D eigenvalue weighted by Gasteiger charge is 2.74. The van der Waals surface area contributed by atoms with Crippen molar-refractivity contribution in [1.82, 2.24) is 0 Å². The van der Waals surface area contributed by atoms with Gasteiger partial charge in [0.1, 0.15) is 6.61 Å². The first-order valence-corrected chi connectivity index (χ1v) is 5.24. The molecule has 11 heteroatoms. The van der Waals surface area contributed by atoms with Crippen LogP contribution in [0.2, 0.25) is 0 Å². The molecule has 22 heavy (non-hydrogen) atoms. The van der Waals surface area contributed by atoms with Gasteiger partial charge in [0.25, 0.3) is 0 Å². The molecule has 0 atom stereocenters. The summed E-state index contributed by atoms with van der Waals surface area (Å²) in [5, 5.41) is 0. The highest BCUT2D eigenvalue weighted by molar-refractivity contribution is 5.36. The average Bonchev–Trinajstić information content (AvgIpc) is 2.45. The van der Waals surface area contributed by atoms with E-state index in [0.717, 1.165) is 0 Å². The van der Waals surface area contributed by atoms with Gasteiger partial charge in [0.2, 0.25) is 17.4 Å². The lowest BCUT2D eigenvalue weighted by Crippen LogP contribution is -2.53. The van der Waals surface area contributed by atoms with Gasteiger partial charge in [-0.05, 0) is 0 Å². The van der Waals surface area contributed by atoms with Gasteiger partial charge in [0, 0.05) is 0 Å². The van der Waals surface area contributed by atoms with Gasteiger partial charge in [-0.3, -0.25) is 0 Å². The highest BCUT2D eigenvalue weighted by Crippen LogP contribution is 2.56. The Hall–Kier alpha value is -1.94. The van der Waals surface area contributed by atoms with Crippen molar-refractivity contribution >= 4 is 0 Å². The maximum absolute atomic E-state index is 13.2. The van der Waals surface area contributed by atoms with Gasteiger partial charge in [-0.25, -0.2) is 26.3 Å². The molecule has 1 aromatic rings. The van der Waals surface area contributed by atoms with Crippen LogP contribution in [0.3, 0.4) is 0 Å². The third-order valence-corrected chi connectivity index (χ3v) is 2.82. The van der Waals surface area contributed by atoms with Crippen LogP contribution in [0.15, 0.2) is 11.6 Å². The molecule has 0 saturated carbocycles.